The van der Waals surface area contributed by atoms with Crippen LogP contribution in [0.25, 0.3) is 10.7 Å². The van der Waals surface area contributed by atoms with Gasteiger partial charge in [-0.15, -0.1) is 11.3 Å². The van der Waals surface area contributed by atoms with Gasteiger partial charge in [-0.2, -0.15) is 4.98 Å². The van der Waals surface area contributed by atoms with Crippen molar-refractivity contribution >= 4 is 17.2 Å². The van der Waals surface area contributed by atoms with Gasteiger partial charge >= 0.3 is 0 Å². The molecular formula is C16H22N4O3S. The molecule has 2 aromatic rings. The number of amides is 1. The summed E-state index contributed by atoms with van der Waals surface area (Å²) in [5, 5.41) is 8.90. The number of ether oxygens (including phenoxy) is 1. The summed E-state index contributed by atoms with van der Waals surface area (Å²) in [5.74, 6) is 1.27. The first-order chi connectivity index (χ1) is 11.8. The number of hydrogen-bond donors (Lipinski definition) is 1. The molecule has 0 spiro atoms. The van der Waals surface area contributed by atoms with Crippen LogP contribution in [-0.2, 0) is 16.0 Å². The first-order valence-electron chi connectivity index (χ1n) is 8.24. The third kappa shape index (κ3) is 5.12. The maximum absolute atomic E-state index is 11.8. The number of carbonyl (C=O) groups is 1. The molecule has 0 radical (unpaired) electrons. The van der Waals surface area contributed by atoms with Crippen molar-refractivity contribution in [2.24, 2.45) is 0 Å². The average Bonchev–Trinajstić information content (AvgIpc) is 3.27. The lowest BCUT2D eigenvalue weighted by molar-refractivity contribution is -0.121. The summed E-state index contributed by atoms with van der Waals surface area (Å²) in [6.07, 6.45) is 1.80. The lowest BCUT2D eigenvalue weighted by Gasteiger charge is -2.26. The van der Waals surface area contributed by atoms with Crippen LogP contribution in [0.4, 0.5) is 0 Å². The van der Waals surface area contributed by atoms with Gasteiger partial charge in [0.05, 0.1) is 18.1 Å². The van der Waals surface area contributed by atoms with Gasteiger partial charge in [0.25, 0.3) is 0 Å². The van der Waals surface area contributed by atoms with E-state index in [0.29, 0.717) is 37.5 Å². The molecule has 24 heavy (non-hydrogen) atoms. The molecular weight excluding hydrogens is 328 g/mol. The molecule has 1 N–H and O–H groups in total. The average molecular weight is 350 g/mol. The highest BCUT2D eigenvalue weighted by Crippen LogP contribution is 2.21. The van der Waals surface area contributed by atoms with Crippen LogP contribution >= 0.6 is 11.3 Å². The normalized spacial score (nSPS) is 15.5. The highest BCUT2D eigenvalue weighted by molar-refractivity contribution is 7.13. The Morgan fingerprint density at radius 2 is 2.25 bits per heavy atom. The predicted octanol–water partition coefficient (Wildman–Crippen LogP) is 1.57. The second-order valence-corrected chi connectivity index (χ2v) is 6.59. The van der Waals surface area contributed by atoms with Gasteiger partial charge in [0.2, 0.25) is 17.6 Å². The van der Waals surface area contributed by atoms with E-state index in [-0.39, 0.29) is 5.91 Å². The van der Waals surface area contributed by atoms with Crippen LogP contribution < -0.4 is 5.32 Å². The second kappa shape index (κ2) is 8.91. The minimum Gasteiger partial charge on any atom is -0.379 e. The van der Waals surface area contributed by atoms with Crippen molar-refractivity contribution in [3.8, 4) is 10.7 Å². The van der Waals surface area contributed by atoms with Crippen molar-refractivity contribution in [3.05, 3.63) is 23.4 Å². The zero-order valence-corrected chi connectivity index (χ0v) is 14.4. The Morgan fingerprint density at radius 3 is 3.04 bits per heavy atom. The van der Waals surface area contributed by atoms with E-state index in [1.165, 1.54) is 0 Å². The molecule has 1 saturated heterocycles. The molecule has 3 heterocycles. The maximum atomic E-state index is 11.8. The van der Waals surface area contributed by atoms with E-state index < -0.39 is 0 Å². The van der Waals surface area contributed by atoms with Crippen LogP contribution in [0.15, 0.2) is 22.0 Å². The summed E-state index contributed by atoms with van der Waals surface area (Å²) in [4.78, 5) is 19.5. The molecule has 1 aliphatic heterocycles. The van der Waals surface area contributed by atoms with Crippen LogP contribution in [0.3, 0.4) is 0 Å². The zero-order valence-electron chi connectivity index (χ0n) is 13.6. The zero-order chi connectivity index (χ0) is 16.6. The van der Waals surface area contributed by atoms with Gasteiger partial charge in [-0.25, -0.2) is 0 Å². The van der Waals surface area contributed by atoms with Gasteiger partial charge < -0.3 is 14.6 Å². The van der Waals surface area contributed by atoms with E-state index in [2.05, 4.69) is 20.4 Å². The fraction of sp³-hybridized carbons (Fsp3) is 0.562. The molecule has 0 aromatic carbocycles. The Balaban J connectivity index is 1.30. The van der Waals surface area contributed by atoms with Crippen LogP contribution in [0.1, 0.15) is 18.7 Å². The molecule has 2 aromatic heterocycles. The first-order valence-corrected chi connectivity index (χ1v) is 9.12. The molecule has 130 valence electrons. The molecule has 0 unspecified atom stereocenters. The van der Waals surface area contributed by atoms with Crippen molar-refractivity contribution in [2.75, 3.05) is 39.4 Å². The number of nitrogens with one attached hydrogen (secondary N) is 1. The van der Waals surface area contributed by atoms with Crippen molar-refractivity contribution in [3.63, 3.8) is 0 Å². The summed E-state index contributed by atoms with van der Waals surface area (Å²) in [6, 6.07) is 3.92. The topological polar surface area (TPSA) is 80.5 Å². The Bertz CT molecular complexity index is 623. The molecule has 7 nitrogen and oxygen atoms in total. The predicted molar refractivity (Wildman–Crippen MR) is 90.8 cm³/mol. The van der Waals surface area contributed by atoms with E-state index >= 15 is 0 Å². The molecule has 0 bridgehead atoms. The van der Waals surface area contributed by atoms with Gasteiger partial charge in [-0.1, -0.05) is 11.2 Å². The van der Waals surface area contributed by atoms with E-state index in [1.807, 2.05) is 17.5 Å². The lowest BCUT2D eigenvalue weighted by atomic mass is 10.2. The fourth-order valence-corrected chi connectivity index (χ4v) is 3.18. The number of nitrogens with zero attached hydrogens (tertiary/aromatic N) is 3. The largest absolute Gasteiger partial charge is 0.379 e. The fourth-order valence-electron chi connectivity index (χ4n) is 2.53. The van der Waals surface area contributed by atoms with Crippen LogP contribution in [-0.4, -0.2) is 60.3 Å². The molecule has 1 aliphatic rings. The van der Waals surface area contributed by atoms with Crippen molar-refractivity contribution in [1.82, 2.24) is 20.4 Å². The number of hydrogen-bond acceptors (Lipinski definition) is 7. The molecule has 8 heteroatoms. The number of thiophene rings is 1. The minimum atomic E-state index is 0.0706. The summed E-state index contributed by atoms with van der Waals surface area (Å²) in [6.45, 7) is 5.02. The van der Waals surface area contributed by atoms with Crippen LogP contribution in [0.5, 0.6) is 0 Å². The summed E-state index contributed by atoms with van der Waals surface area (Å²) in [5.41, 5.74) is 0. The van der Waals surface area contributed by atoms with Crippen molar-refractivity contribution in [2.45, 2.75) is 19.3 Å². The van der Waals surface area contributed by atoms with Gasteiger partial charge in [0.1, 0.15) is 0 Å². The summed E-state index contributed by atoms with van der Waals surface area (Å²) in [7, 11) is 0. The summed E-state index contributed by atoms with van der Waals surface area (Å²) < 4.78 is 10.5. The molecule has 1 fully saturated rings. The van der Waals surface area contributed by atoms with Crippen LogP contribution in [0, 0.1) is 0 Å². The second-order valence-electron chi connectivity index (χ2n) is 5.65. The summed E-state index contributed by atoms with van der Waals surface area (Å²) >= 11 is 1.58. The maximum Gasteiger partial charge on any atom is 0.226 e. The smallest absolute Gasteiger partial charge is 0.226 e. The molecule has 3 rings (SSSR count). The standard InChI is InChI=1S/C16H22N4O3S/c21-14(17-6-7-20-8-10-22-11-9-20)4-1-5-15-18-16(19-23-15)13-3-2-12-24-13/h2-3,12H,1,4-11H2,(H,17,21). The number of aromatic nitrogens is 2. The number of aryl methyl sites for hydroxylation is 1. The highest BCUT2D eigenvalue weighted by atomic mass is 32.1. The van der Waals surface area contributed by atoms with Crippen molar-refractivity contribution < 1.29 is 14.1 Å². The molecule has 0 aliphatic carbocycles. The third-order valence-corrected chi connectivity index (χ3v) is 4.72. The van der Waals surface area contributed by atoms with Gasteiger partial charge in [0, 0.05) is 39.0 Å². The number of rotatable bonds is 8. The van der Waals surface area contributed by atoms with Gasteiger partial charge in [0.15, 0.2) is 0 Å². The lowest BCUT2D eigenvalue weighted by Crippen LogP contribution is -2.41. The molecule has 0 atom stereocenters. The quantitative estimate of drug-likeness (QED) is 0.778. The Labute approximate surface area is 145 Å². The number of carbonyl (C=O) groups excluding carboxylic acids is 1. The van der Waals surface area contributed by atoms with Gasteiger partial charge in [-0.05, 0) is 17.9 Å². The first kappa shape index (κ1) is 17.1. The van der Waals surface area contributed by atoms with E-state index in [1.54, 1.807) is 11.3 Å². The number of morpholine rings is 1. The Hall–Kier alpha value is -1.77. The van der Waals surface area contributed by atoms with E-state index in [4.69, 9.17) is 9.26 Å². The van der Waals surface area contributed by atoms with Crippen molar-refractivity contribution in [1.29, 1.82) is 0 Å². The molecule has 0 saturated carbocycles. The molecule has 1 amide bonds. The van der Waals surface area contributed by atoms with E-state index in [9.17, 15) is 4.79 Å². The van der Waals surface area contributed by atoms with E-state index in [0.717, 1.165) is 37.7 Å². The minimum absolute atomic E-state index is 0.0706. The SMILES string of the molecule is O=C(CCCc1nc(-c2cccs2)no1)NCCN1CCOCC1. The third-order valence-electron chi connectivity index (χ3n) is 3.86. The Morgan fingerprint density at radius 1 is 1.38 bits per heavy atom. The monoisotopic (exact) mass is 350 g/mol. The van der Waals surface area contributed by atoms with Crippen LogP contribution in [0.2, 0.25) is 0 Å². The van der Waals surface area contributed by atoms with Gasteiger partial charge in [-0.3, -0.25) is 9.69 Å². The Kier molecular flexibility index (Phi) is 6.33. The highest BCUT2D eigenvalue weighted by Gasteiger charge is 2.11.